The molecule has 0 fully saturated rings. The molecule has 1 rings (SSSR count). The fourth-order valence-corrected chi connectivity index (χ4v) is 1.54. The average Bonchev–Trinajstić information content (AvgIpc) is 2.15. The number of rotatable bonds is 4. The SMILES string of the molecule is CCc1ccc(Cl)cc1CCON. The van der Waals surface area contributed by atoms with E-state index in [1.165, 1.54) is 11.1 Å². The van der Waals surface area contributed by atoms with Gasteiger partial charge in [0.2, 0.25) is 0 Å². The van der Waals surface area contributed by atoms with E-state index in [4.69, 9.17) is 17.5 Å². The fraction of sp³-hybridized carbons (Fsp3) is 0.400. The molecule has 1 aromatic rings. The summed E-state index contributed by atoms with van der Waals surface area (Å²) in [5, 5.41) is 0.768. The third-order valence-corrected chi connectivity index (χ3v) is 2.27. The minimum absolute atomic E-state index is 0.535. The molecule has 72 valence electrons. The zero-order valence-electron chi connectivity index (χ0n) is 7.72. The van der Waals surface area contributed by atoms with Crippen LogP contribution >= 0.6 is 11.6 Å². The van der Waals surface area contributed by atoms with E-state index >= 15 is 0 Å². The van der Waals surface area contributed by atoms with Crippen molar-refractivity contribution in [2.24, 2.45) is 5.90 Å². The lowest BCUT2D eigenvalue weighted by molar-refractivity contribution is 0.141. The summed E-state index contributed by atoms with van der Waals surface area (Å²) in [6.07, 6.45) is 1.83. The van der Waals surface area contributed by atoms with Gasteiger partial charge in [0.15, 0.2) is 0 Å². The molecular formula is C10H14ClNO. The zero-order valence-corrected chi connectivity index (χ0v) is 8.47. The molecule has 0 saturated carbocycles. The molecule has 3 heteroatoms. The molecule has 0 bridgehead atoms. The van der Waals surface area contributed by atoms with Crippen LogP contribution in [0.3, 0.4) is 0 Å². The van der Waals surface area contributed by atoms with E-state index in [-0.39, 0.29) is 0 Å². The predicted octanol–water partition coefficient (Wildman–Crippen LogP) is 2.34. The number of halogens is 1. The fourth-order valence-electron chi connectivity index (χ4n) is 1.34. The van der Waals surface area contributed by atoms with Crippen molar-refractivity contribution in [3.63, 3.8) is 0 Å². The van der Waals surface area contributed by atoms with E-state index in [0.29, 0.717) is 6.61 Å². The highest BCUT2D eigenvalue weighted by atomic mass is 35.5. The van der Waals surface area contributed by atoms with Crippen molar-refractivity contribution in [2.75, 3.05) is 6.61 Å². The Labute approximate surface area is 83.6 Å². The number of benzene rings is 1. The van der Waals surface area contributed by atoms with Crippen LogP contribution in [0, 0.1) is 0 Å². The smallest absolute Gasteiger partial charge is 0.0719 e. The van der Waals surface area contributed by atoms with Crippen LogP contribution in [-0.2, 0) is 17.7 Å². The van der Waals surface area contributed by atoms with Gasteiger partial charge in [-0.1, -0.05) is 24.6 Å². The molecule has 2 nitrogen and oxygen atoms in total. The Kier molecular flexibility index (Phi) is 4.22. The number of aryl methyl sites for hydroxylation is 1. The third-order valence-electron chi connectivity index (χ3n) is 2.04. The molecule has 13 heavy (non-hydrogen) atoms. The molecule has 0 spiro atoms. The monoisotopic (exact) mass is 199 g/mol. The van der Waals surface area contributed by atoms with E-state index in [1.54, 1.807) is 0 Å². The van der Waals surface area contributed by atoms with Crippen molar-refractivity contribution in [2.45, 2.75) is 19.8 Å². The van der Waals surface area contributed by atoms with E-state index < -0.39 is 0 Å². The molecule has 0 amide bonds. The minimum atomic E-state index is 0.535. The van der Waals surface area contributed by atoms with Gasteiger partial charge in [-0.15, -0.1) is 0 Å². The van der Waals surface area contributed by atoms with Crippen LogP contribution in [0.5, 0.6) is 0 Å². The van der Waals surface area contributed by atoms with E-state index in [0.717, 1.165) is 17.9 Å². The number of hydrogen-bond donors (Lipinski definition) is 1. The minimum Gasteiger partial charge on any atom is -0.304 e. The van der Waals surface area contributed by atoms with E-state index in [9.17, 15) is 0 Å². The molecule has 0 atom stereocenters. The lowest BCUT2D eigenvalue weighted by Crippen LogP contribution is -2.05. The Hall–Kier alpha value is -0.570. The van der Waals surface area contributed by atoms with Crippen molar-refractivity contribution in [1.29, 1.82) is 0 Å². The molecule has 1 aromatic carbocycles. The highest BCUT2D eigenvalue weighted by Gasteiger charge is 2.01. The van der Waals surface area contributed by atoms with Gasteiger partial charge in [0, 0.05) is 5.02 Å². The Morgan fingerprint density at radius 1 is 1.38 bits per heavy atom. The van der Waals surface area contributed by atoms with Gasteiger partial charge in [-0.05, 0) is 36.1 Å². The van der Waals surface area contributed by atoms with Crippen LogP contribution in [0.2, 0.25) is 5.02 Å². The van der Waals surface area contributed by atoms with E-state index in [1.807, 2.05) is 18.2 Å². The summed E-state index contributed by atoms with van der Waals surface area (Å²) < 4.78 is 0. The van der Waals surface area contributed by atoms with Crippen LogP contribution in [0.4, 0.5) is 0 Å². The summed E-state index contributed by atoms with van der Waals surface area (Å²) in [6.45, 7) is 2.66. The number of hydrogen-bond acceptors (Lipinski definition) is 2. The van der Waals surface area contributed by atoms with Gasteiger partial charge >= 0.3 is 0 Å². The molecule has 0 aromatic heterocycles. The topological polar surface area (TPSA) is 35.2 Å². The second-order valence-electron chi connectivity index (χ2n) is 2.89. The predicted molar refractivity (Wildman–Crippen MR) is 54.7 cm³/mol. The summed E-state index contributed by atoms with van der Waals surface area (Å²) in [5.41, 5.74) is 2.53. The van der Waals surface area contributed by atoms with Gasteiger partial charge in [0.25, 0.3) is 0 Å². The second kappa shape index (κ2) is 5.22. The van der Waals surface area contributed by atoms with Crippen molar-refractivity contribution >= 4 is 11.6 Å². The molecule has 0 aliphatic carbocycles. The molecule has 0 saturated heterocycles. The normalized spacial score (nSPS) is 10.4. The Bertz CT molecular complexity index is 276. The molecular weight excluding hydrogens is 186 g/mol. The van der Waals surface area contributed by atoms with E-state index in [2.05, 4.69) is 11.8 Å². The van der Waals surface area contributed by atoms with Crippen molar-refractivity contribution in [3.05, 3.63) is 34.3 Å². The van der Waals surface area contributed by atoms with Crippen LogP contribution < -0.4 is 5.90 Å². The van der Waals surface area contributed by atoms with Crippen LogP contribution in [0.1, 0.15) is 18.1 Å². The van der Waals surface area contributed by atoms with Crippen molar-refractivity contribution in [3.8, 4) is 0 Å². The van der Waals surface area contributed by atoms with Gasteiger partial charge in [-0.2, -0.15) is 0 Å². The first-order valence-electron chi connectivity index (χ1n) is 4.37. The molecule has 0 heterocycles. The standard InChI is InChI=1S/C10H14ClNO/c1-2-8-3-4-10(11)7-9(8)5-6-13-12/h3-4,7H,2,5-6,12H2,1H3. The number of nitrogens with two attached hydrogens (primary N) is 1. The van der Waals surface area contributed by atoms with Crippen LogP contribution in [0.15, 0.2) is 18.2 Å². The largest absolute Gasteiger partial charge is 0.304 e. The summed E-state index contributed by atoms with van der Waals surface area (Å²) in [4.78, 5) is 4.54. The highest BCUT2D eigenvalue weighted by Crippen LogP contribution is 2.17. The Morgan fingerprint density at radius 3 is 2.77 bits per heavy atom. The van der Waals surface area contributed by atoms with Crippen molar-refractivity contribution < 1.29 is 4.84 Å². The average molecular weight is 200 g/mol. The summed E-state index contributed by atoms with van der Waals surface area (Å²) in [7, 11) is 0. The van der Waals surface area contributed by atoms with Gasteiger partial charge in [0.1, 0.15) is 0 Å². The molecule has 0 unspecified atom stereocenters. The molecule has 0 aliphatic heterocycles. The molecule has 0 aliphatic rings. The lowest BCUT2D eigenvalue weighted by Gasteiger charge is -2.07. The van der Waals surface area contributed by atoms with Gasteiger partial charge in [0.05, 0.1) is 6.61 Å². The maximum Gasteiger partial charge on any atom is 0.0719 e. The first-order chi connectivity index (χ1) is 6.27. The first kappa shape index (κ1) is 10.5. The van der Waals surface area contributed by atoms with Gasteiger partial charge in [-0.25, -0.2) is 5.90 Å². The van der Waals surface area contributed by atoms with Crippen LogP contribution in [-0.4, -0.2) is 6.61 Å². The first-order valence-corrected chi connectivity index (χ1v) is 4.74. The Balaban J connectivity index is 2.81. The summed E-state index contributed by atoms with van der Waals surface area (Å²) in [5.74, 6) is 4.97. The summed E-state index contributed by atoms with van der Waals surface area (Å²) >= 11 is 5.88. The Morgan fingerprint density at radius 2 is 2.15 bits per heavy atom. The van der Waals surface area contributed by atoms with Crippen molar-refractivity contribution in [1.82, 2.24) is 0 Å². The van der Waals surface area contributed by atoms with Gasteiger partial charge < -0.3 is 4.84 Å². The third kappa shape index (κ3) is 2.99. The molecule has 2 N–H and O–H groups in total. The lowest BCUT2D eigenvalue weighted by atomic mass is 10.0. The maximum atomic E-state index is 5.88. The second-order valence-corrected chi connectivity index (χ2v) is 3.32. The zero-order chi connectivity index (χ0) is 9.68. The highest BCUT2D eigenvalue weighted by molar-refractivity contribution is 6.30. The maximum absolute atomic E-state index is 5.88. The van der Waals surface area contributed by atoms with Gasteiger partial charge in [-0.3, -0.25) is 0 Å². The quantitative estimate of drug-likeness (QED) is 0.756. The summed E-state index contributed by atoms with van der Waals surface area (Å²) in [6, 6.07) is 5.93. The molecule has 0 radical (unpaired) electrons. The van der Waals surface area contributed by atoms with Crippen LogP contribution in [0.25, 0.3) is 0 Å².